The van der Waals surface area contributed by atoms with Crippen LogP contribution < -0.4 is 37.6 Å². The lowest BCUT2D eigenvalue weighted by Gasteiger charge is -2.29. The largest absolute Gasteiger partial charge is 0.467 e. The van der Waals surface area contributed by atoms with Gasteiger partial charge in [0.15, 0.2) is 0 Å². The second-order valence-electron chi connectivity index (χ2n) is 16.6. The van der Waals surface area contributed by atoms with Crippen molar-refractivity contribution in [1.29, 1.82) is 0 Å². The predicted octanol–water partition coefficient (Wildman–Crippen LogP) is 0.0863. The van der Waals surface area contributed by atoms with E-state index in [0.717, 1.165) is 0 Å². The van der Waals surface area contributed by atoms with E-state index in [1.165, 1.54) is 7.11 Å². The molecule has 338 valence electrons. The molecule has 0 heterocycles. The number of carbonyl (C=O) groups excluding carboxylic acids is 8. The first kappa shape index (κ1) is 52.7. The number of amides is 7. The highest BCUT2D eigenvalue weighted by atomic mass is 16.6. The van der Waals surface area contributed by atoms with Gasteiger partial charge in [-0.25, -0.2) is 9.59 Å². The minimum Gasteiger partial charge on any atom is -0.467 e. The lowest BCUT2D eigenvalue weighted by Crippen LogP contribution is -2.59. The Bertz CT molecular complexity index is 1600. The number of hydrogen-bond acceptors (Lipinski definition) is 12. The molecule has 19 nitrogen and oxygen atoms in total. The van der Waals surface area contributed by atoms with Gasteiger partial charge < -0.3 is 57.3 Å². The first-order valence-corrected chi connectivity index (χ1v) is 20.1. The van der Waals surface area contributed by atoms with Gasteiger partial charge in [0, 0.05) is 0 Å². The van der Waals surface area contributed by atoms with Crippen molar-refractivity contribution in [2.45, 2.75) is 142 Å². The number of esters is 1. The zero-order valence-corrected chi connectivity index (χ0v) is 36.5. The van der Waals surface area contributed by atoms with Crippen LogP contribution in [0.3, 0.4) is 0 Å². The number of methoxy groups -OCH3 is 1. The highest BCUT2D eigenvalue weighted by molar-refractivity contribution is 5.96. The third-order valence-corrected chi connectivity index (χ3v) is 9.28. The smallest absolute Gasteiger partial charge is 0.408 e. The number of aliphatic hydroxyl groups is 2. The Balaban J connectivity index is 3.35. The second-order valence-corrected chi connectivity index (χ2v) is 16.6. The van der Waals surface area contributed by atoms with Crippen molar-refractivity contribution in [2.24, 2.45) is 23.5 Å². The van der Waals surface area contributed by atoms with Gasteiger partial charge in [-0.15, -0.1) is 0 Å². The SMILES string of the molecule is CCC(C)C(NC(=O)C[C@H](O)[C@H](Cc1ccccc1)NC(=O)C(CC(N)=O)NC(=O)C(CC(C)C)NC(=O)C(CO)NC(=O)OC(C)(C)C)C(=O)NC(C(=O)OC)C(C)C. The van der Waals surface area contributed by atoms with Crippen molar-refractivity contribution < 1.29 is 58.0 Å². The third kappa shape index (κ3) is 19.2. The minimum absolute atomic E-state index is 0.0119. The first-order chi connectivity index (χ1) is 27.9. The van der Waals surface area contributed by atoms with E-state index in [9.17, 15) is 48.6 Å². The Labute approximate surface area is 352 Å². The molecule has 1 aromatic carbocycles. The summed E-state index contributed by atoms with van der Waals surface area (Å²) in [7, 11) is 1.20. The van der Waals surface area contributed by atoms with Crippen molar-refractivity contribution >= 4 is 47.5 Å². The van der Waals surface area contributed by atoms with Gasteiger partial charge in [-0.2, -0.15) is 0 Å². The summed E-state index contributed by atoms with van der Waals surface area (Å²) >= 11 is 0. The first-order valence-electron chi connectivity index (χ1n) is 20.1. The van der Waals surface area contributed by atoms with Crippen LogP contribution in [-0.2, 0) is 49.5 Å². The number of aliphatic hydroxyl groups excluding tert-OH is 2. The molecule has 0 aliphatic heterocycles. The number of benzene rings is 1. The summed E-state index contributed by atoms with van der Waals surface area (Å²) in [6.07, 6.45) is -3.35. The van der Waals surface area contributed by atoms with Gasteiger partial charge in [-0.05, 0) is 56.9 Å². The molecular weight excluding hydrogens is 782 g/mol. The highest BCUT2D eigenvalue weighted by Gasteiger charge is 2.35. The molecule has 0 aliphatic carbocycles. The topological polar surface area (TPSA) is 294 Å². The van der Waals surface area contributed by atoms with E-state index in [1.807, 2.05) is 6.92 Å². The molecule has 0 bridgehead atoms. The second kappa shape index (κ2) is 25.4. The Kier molecular flexibility index (Phi) is 22.3. The fourth-order valence-corrected chi connectivity index (χ4v) is 5.87. The molecule has 0 radical (unpaired) electrons. The van der Waals surface area contributed by atoms with Crippen molar-refractivity contribution in [3.05, 3.63) is 35.9 Å². The molecule has 7 amide bonds. The van der Waals surface area contributed by atoms with Crippen molar-refractivity contribution in [3.8, 4) is 0 Å². The molecule has 1 rings (SSSR count). The number of rotatable bonds is 24. The molecule has 10 N–H and O–H groups in total. The van der Waals surface area contributed by atoms with Gasteiger partial charge in [0.1, 0.15) is 35.8 Å². The maximum atomic E-state index is 13.9. The summed E-state index contributed by atoms with van der Waals surface area (Å²) in [4.78, 5) is 104. The lowest BCUT2D eigenvalue weighted by atomic mass is 9.95. The fourth-order valence-electron chi connectivity index (χ4n) is 5.87. The van der Waals surface area contributed by atoms with Gasteiger partial charge in [0.05, 0.1) is 38.7 Å². The molecule has 8 atom stereocenters. The van der Waals surface area contributed by atoms with Gasteiger partial charge in [0.25, 0.3) is 0 Å². The van der Waals surface area contributed by atoms with E-state index in [2.05, 4.69) is 31.9 Å². The normalized spacial score (nSPS) is 15.4. The molecular formula is C41H67N7O12. The molecule has 0 aliphatic rings. The number of hydrogen-bond donors (Lipinski definition) is 9. The van der Waals surface area contributed by atoms with Crippen LogP contribution in [0.15, 0.2) is 30.3 Å². The van der Waals surface area contributed by atoms with Gasteiger partial charge in [-0.1, -0.05) is 78.3 Å². The molecule has 0 fully saturated rings. The van der Waals surface area contributed by atoms with Crippen LogP contribution in [0, 0.1) is 17.8 Å². The summed E-state index contributed by atoms with van der Waals surface area (Å²) in [5.74, 6) is -6.69. The van der Waals surface area contributed by atoms with E-state index < -0.39 is 121 Å². The van der Waals surface area contributed by atoms with Crippen LogP contribution in [0.5, 0.6) is 0 Å². The minimum atomic E-state index is -1.61. The Morgan fingerprint density at radius 2 is 1.30 bits per heavy atom. The van der Waals surface area contributed by atoms with Crippen LogP contribution in [0.25, 0.3) is 0 Å². The number of nitrogens with one attached hydrogen (secondary N) is 6. The van der Waals surface area contributed by atoms with Crippen LogP contribution in [0.4, 0.5) is 4.79 Å². The molecule has 0 saturated heterocycles. The summed E-state index contributed by atoms with van der Waals surface area (Å²) in [6, 6.07) is 0.957. The zero-order valence-electron chi connectivity index (χ0n) is 36.5. The third-order valence-electron chi connectivity index (χ3n) is 9.28. The van der Waals surface area contributed by atoms with Crippen LogP contribution in [0.2, 0.25) is 0 Å². The number of ether oxygens (including phenoxy) is 2. The number of alkyl carbamates (subject to hydrolysis) is 1. The summed E-state index contributed by atoms with van der Waals surface area (Å²) in [5, 5.41) is 36.4. The molecule has 0 spiro atoms. The maximum absolute atomic E-state index is 13.9. The standard InChI is InChI=1S/C41H67N7O12/c1-11-24(6)34(38(56)48-33(23(4)5)39(57)59-10)47-32(52)20-30(50)26(18-25-15-13-12-14-16-25)43-36(54)28(19-31(42)51)45-35(53)27(17-22(2)3)44-37(55)29(21-49)46-40(58)60-41(7,8)9/h12-16,22-24,26-30,33-34,49-50H,11,17-21H2,1-10H3,(H2,42,51)(H,43,54)(H,44,55)(H,45,53)(H,46,58)(H,47,52)(H,48,56)/t24?,26-,27?,28?,29?,30-,33?,34?/m0/s1. The van der Waals surface area contributed by atoms with E-state index in [4.69, 9.17) is 15.2 Å². The quantitative estimate of drug-likeness (QED) is 0.0626. The summed E-state index contributed by atoms with van der Waals surface area (Å²) in [6.45, 7) is 14.5. The van der Waals surface area contributed by atoms with Crippen molar-refractivity contribution in [3.63, 3.8) is 0 Å². The molecule has 60 heavy (non-hydrogen) atoms. The molecule has 1 aromatic rings. The Hall–Kier alpha value is -5.30. The molecule has 6 unspecified atom stereocenters. The Morgan fingerprint density at radius 1 is 0.733 bits per heavy atom. The van der Waals surface area contributed by atoms with Gasteiger partial charge in [0.2, 0.25) is 35.4 Å². The zero-order chi connectivity index (χ0) is 45.9. The van der Waals surface area contributed by atoms with Gasteiger partial charge in [-0.3, -0.25) is 28.8 Å². The highest BCUT2D eigenvalue weighted by Crippen LogP contribution is 2.15. The van der Waals surface area contributed by atoms with Gasteiger partial charge >= 0.3 is 12.1 Å². The van der Waals surface area contributed by atoms with Crippen LogP contribution in [-0.4, -0.2) is 119 Å². The van der Waals surface area contributed by atoms with E-state index in [1.54, 1.807) is 85.7 Å². The van der Waals surface area contributed by atoms with Crippen LogP contribution >= 0.6 is 0 Å². The van der Waals surface area contributed by atoms with Crippen molar-refractivity contribution in [2.75, 3.05) is 13.7 Å². The molecule has 0 aromatic heterocycles. The molecule has 0 saturated carbocycles. The average molecular weight is 850 g/mol. The summed E-state index contributed by atoms with van der Waals surface area (Å²) in [5.41, 5.74) is 5.21. The fraction of sp³-hybridized carbons (Fsp3) is 0.659. The number of primary amides is 1. The summed E-state index contributed by atoms with van der Waals surface area (Å²) < 4.78 is 9.97. The van der Waals surface area contributed by atoms with Crippen LogP contribution in [0.1, 0.15) is 93.6 Å². The van der Waals surface area contributed by atoms with Crippen molar-refractivity contribution in [1.82, 2.24) is 31.9 Å². The Morgan fingerprint density at radius 3 is 1.80 bits per heavy atom. The maximum Gasteiger partial charge on any atom is 0.408 e. The van der Waals surface area contributed by atoms with E-state index >= 15 is 0 Å². The monoisotopic (exact) mass is 849 g/mol. The number of carbonyl (C=O) groups is 8. The van der Waals surface area contributed by atoms with E-state index in [-0.39, 0.29) is 24.7 Å². The lowest BCUT2D eigenvalue weighted by molar-refractivity contribution is -0.147. The molecule has 19 heteroatoms. The predicted molar refractivity (Wildman–Crippen MR) is 220 cm³/mol. The number of nitrogens with two attached hydrogens (primary N) is 1. The average Bonchev–Trinajstić information content (AvgIpc) is 3.15. The van der Waals surface area contributed by atoms with E-state index in [0.29, 0.717) is 12.0 Å².